The summed E-state index contributed by atoms with van der Waals surface area (Å²) >= 11 is 0. The Morgan fingerprint density at radius 2 is 1.96 bits per heavy atom. The molecule has 1 atom stereocenters. The maximum absolute atomic E-state index is 14.3. The molecule has 2 heterocycles. The van der Waals surface area contributed by atoms with Crippen LogP contribution < -0.4 is 10.2 Å². The van der Waals surface area contributed by atoms with E-state index in [0.29, 0.717) is 24.2 Å². The summed E-state index contributed by atoms with van der Waals surface area (Å²) in [6.07, 6.45) is 0.842. The molecule has 6 heteroatoms. The third-order valence-corrected chi connectivity index (χ3v) is 5.67. The van der Waals surface area contributed by atoms with Crippen LogP contribution in [0.4, 0.5) is 14.5 Å². The number of halogens is 2. The molecule has 4 nitrogen and oxygen atoms in total. The van der Waals surface area contributed by atoms with Gasteiger partial charge in [-0.2, -0.15) is 0 Å². The Morgan fingerprint density at radius 1 is 1.19 bits per heavy atom. The number of aliphatic hydroxyl groups is 1. The lowest BCUT2D eigenvalue weighted by molar-refractivity contribution is 0.0263. The average Bonchev–Trinajstić information content (AvgIpc) is 3.22. The number of anilines is 1. The molecule has 2 aromatic carbocycles. The molecule has 0 bridgehead atoms. The number of rotatable bonds is 3. The first-order chi connectivity index (χ1) is 12.7. The van der Waals surface area contributed by atoms with Crippen molar-refractivity contribution in [1.82, 2.24) is 5.32 Å². The van der Waals surface area contributed by atoms with Gasteiger partial charge in [-0.1, -0.05) is 0 Å². The Kier molecular flexibility index (Phi) is 4.18. The van der Waals surface area contributed by atoms with E-state index in [1.165, 1.54) is 12.1 Å². The van der Waals surface area contributed by atoms with E-state index < -0.39 is 17.2 Å². The molecule has 4 rings (SSSR count). The predicted octanol–water partition coefficient (Wildman–Crippen LogP) is 3.47. The van der Waals surface area contributed by atoms with Gasteiger partial charge in [0.1, 0.15) is 11.6 Å². The molecule has 0 radical (unpaired) electrons. The van der Waals surface area contributed by atoms with E-state index in [4.69, 9.17) is 0 Å². The first-order valence-corrected chi connectivity index (χ1v) is 9.12. The number of fused-ring (bicyclic) bond motifs is 1. The lowest BCUT2D eigenvalue weighted by Crippen LogP contribution is -2.33. The third kappa shape index (κ3) is 3.18. The van der Waals surface area contributed by atoms with Crippen LogP contribution in [0.1, 0.15) is 36.2 Å². The van der Waals surface area contributed by atoms with Crippen LogP contribution in [0.3, 0.4) is 0 Å². The van der Waals surface area contributed by atoms with Gasteiger partial charge in [0.05, 0.1) is 5.60 Å². The van der Waals surface area contributed by atoms with Crippen molar-refractivity contribution in [1.29, 1.82) is 0 Å². The van der Waals surface area contributed by atoms with Gasteiger partial charge in [-0.05, 0) is 50.1 Å². The zero-order valence-corrected chi connectivity index (χ0v) is 15.4. The number of carbonyl (C=O) groups is 1. The number of nitrogens with zero attached hydrogens (tertiary/aromatic N) is 1. The highest BCUT2D eigenvalue weighted by atomic mass is 19.1. The molecule has 27 heavy (non-hydrogen) atoms. The van der Waals surface area contributed by atoms with E-state index in [1.807, 2.05) is 6.07 Å². The standard InChI is InChI=1S/C21H22F2N2O2/c1-21(2,27)13-5-6-25(11-13)19-8-12(7-16-17(19)10-24-20(16)26)15-4-3-14(22)9-18(15)23/h3-4,7-9,13,27H,5-6,10-11H2,1-2H3,(H,24,26). The van der Waals surface area contributed by atoms with E-state index >= 15 is 0 Å². The minimum absolute atomic E-state index is 0.115. The van der Waals surface area contributed by atoms with Crippen molar-refractivity contribution >= 4 is 11.6 Å². The van der Waals surface area contributed by atoms with Crippen LogP contribution in [0.2, 0.25) is 0 Å². The van der Waals surface area contributed by atoms with Gasteiger partial charge in [0, 0.05) is 54.0 Å². The van der Waals surface area contributed by atoms with Crippen molar-refractivity contribution in [3.8, 4) is 11.1 Å². The molecule has 0 aromatic heterocycles. The van der Waals surface area contributed by atoms with Crippen molar-refractivity contribution in [2.45, 2.75) is 32.4 Å². The van der Waals surface area contributed by atoms with Crippen LogP contribution in [0.15, 0.2) is 30.3 Å². The van der Waals surface area contributed by atoms with E-state index in [0.717, 1.165) is 30.3 Å². The Hall–Kier alpha value is -2.47. The maximum Gasteiger partial charge on any atom is 0.251 e. The Labute approximate surface area is 156 Å². The van der Waals surface area contributed by atoms with Gasteiger partial charge in [-0.15, -0.1) is 0 Å². The fourth-order valence-electron chi connectivity index (χ4n) is 4.03. The average molecular weight is 372 g/mol. The lowest BCUT2D eigenvalue weighted by Gasteiger charge is -2.27. The molecule has 1 fully saturated rings. The number of amides is 1. The van der Waals surface area contributed by atoms with Crippen LogP contribution >= 0.6 is 0 Å². The number of hydrogen-bond donors (Lipinski definition) is 2. The van der Waals surface area contributed by atoms with E-state index in [-0.39, 0.29) is 17.4 Å². The zero-order chi connectivity index (χ0) is 19.3. The fourth-order valence-corrected chi connectivity index (χ4v) is 4.03. The summed E-state index contributed by atoms with van der Waals surface area (Å²) in [4.78, 5) is 14.4. The van der Waals surface area contributed by atoms with Crippen LogP contribution in [-0.4, -0.2) is 29.7 Å². The summed E-state index contributed by atoms with van der Waals surface area (Å²) in [5.74, 6) is -1.36. The highest BCUT2D eigenvalue weighted by Crippen LogP contribution is 2.38. The summed E-state index contributed by atoms with van der Waals surface area (Å²) in [5, 5.41) is 13.2. The Balaban J connectivity index is 1.79. The molecule has 2 aliphatic heterocycles. The number of hydrogen-bond acceptors (Lipinski definition) is 3. The summed E-state index contributed by atoms with van der Waals surface area (Å²) in [5.41, 5.74) is 2.31. The first-order valence-electron chi connectivity index (χ1n) is 9.12. The topological polar surface area (TPSA) is 52.6 Å². The van der Waals surface area contributed by atoms with E-state index in [9.17, 15) is 18.7 Å². The van der Waals surface area contributed by atoms with Crippen LogP contribution in [0.5, 0.6) is 0 Å². The second-order valence-corrected chi connectivity index (χ2v) is 7.91. The second-order valence-electron chi connectivity index (χ2n) is 7.91. The van der Waals surface area contributed by atoms with Gasteiger partial charge in [0.15, 0.2) is 0 Å². The Morgan fingerprint density at radius 3 is 2.63 bits per heavy atom. The minimum Gasteiger partial charge on any atom is -0.390 e. The molecule has 1 amide bonds. The number of nitrogens with one attached hydrogen (secondary N) is 1. The van der Waals surface area contributed by atoms with Crippen molar-refractivity contribution < 1.29 is 18.7 Å². The normalized spacial score (nSPS) is 19.4. The molecule has 2 N–H and O–H groups in total. The van der Waals surface area contributed by atoms with Gasteiger partial charge < -0.3 is 15.3 Å². The molecule has 0 aliphatic carbocycles. The number of benzene rings is 2. The highest BCUT2D eigenvalue weighted by molar-refractivity contribution is 6.01. The van der Waals surface area contributed by atoms with Crippen LogP contribution in [-0.2, 0) is 6.54 Å². The minimum atomic E-state index is -0.785. The second kappa shape index (κ2) is 6.30. The van der Waals surface area contributed by atoms with Gasteiger partial charge in [0.2, 0.25) is 0 Å². The third-order valence-electron chi connectivity index (χ3n) is 5.67. The molecular weight excluding hydrogens is 350 g/mol. The van der Waals surface area contributed by atoms with Gasteiger partial charge in [0.25, 0.3) is 5.91 Å². The smallest absolute Gasteiger partial charge is 0.251 e. The van der Waals surface area contributed by atoms with Crippen molar-refractivity contribution in [2.75, 3.05) is 18.0 Å². The summed E-state index contributed by atoms with van der Waals surface area (Å²) in [6, 6.07) is 6.99. The summed E-state index contributed by atoms with van der Waals surface area (Å²) in [7, 11) is 0. The number of carbonyl (C=O) groups excluding carboxylic acids is 1. The van der Waals surface area contributed by atoms with Gasteiger partial charge in [-0.3, -0.25) is 4.79 Å². The quantitative estimate of drug-likeness (QED) is 0.867. The Bertz CT molecular complexity index is 921. The summed E-state index contributed by atoms with van der Waals surface area (Å²) < 4.78 is 27.6. The largest absolute Gasteiger partial charge is 0.390 e. The molecule has 1 saturated heterocycles. The van der Waals surface area contributed by atoms with Crippen LogP contribution in [0.25, 0.3) is 11.1 Å². The molecule has 142 valence electrons. The predicted molar refractivity (Wildman–Crippen MR) is 99.6 cm³/mol. The lowest BCUT2D eigenvalue weighted by atomic mass is 9.90. The van der Waals surface area contributed by atoms with Crippen LogP contribution in [0, 0.1) is 17.6 Å². The summed E-state index contributed by atoms with van der Waals surface area (Å²) in [6.45, 7) is 5.46. The molecular formula is C21H22F2N2O2. The highest BCUT2D eigenvalue weighted by Gasteiger charge is 2.35. The molecule has 0 saturated carbocycles. The zero-order valence-electron chi connectivity index (χ0n) is 15.4. The van der Waals surface area contributed by atoms with Crippen molar-refractivity contribution in [3.63, 3.8) is 0 Å². The molecule has 2 aromatic rings. The van der Waals surface area contributed by atoms with E-state index in [2.05, 4.69) is 10.2 Å². The fraction of sp³-hybridized carbons (Fsp3) is 0.381. The van der Waals surface area contributed by atoms with Gasteiger partial charge >= 0.3 is 0 Å². The molecule has 2 aliphatic rings. The van der Waals surface area contributed by atoms with Crippen molar-refractivity contribution in [2.24, 2.45) is 5.92 Å². The molecule has 1 unspecified atom stereocenters. The first kappa shape index (κ1) is 17.9. The maximum atomic E-state index is 14.3. The van der Waals surface area contributed by atoms with Crippen molar-refractivity contribution in [3.05, 3.63) is 53.1 Å². The monoisotopic (exact) mass is 372 g/mol. The van der Waals surface area contributed by atoms with Gasteiger partial charge in [-0.25, -0.2) is 8.78 Å². The molecule has 0 spiro atoms. The van der Waals surface area contributed by atoms with E-state index in [1.54, 1.807) is 19.9 Å². The SMILES string of the molecule is CC(C)(O)C1CCN(c2cc(-c3ccc(F)cc3F)cc3c2CNC3=O)C1.